The molecule has 0 radical (unpaired) electrons. The van der Waals surface area contributed by atoms with Gasteiger partial charge in [0, 0.05) is 13.1 Å². The molecule has 0 aliphatic carbocycles. The van der Waals surface area contributed by atoms with Crippen molar-refractivity contribution in [3.63, 3.8) is 0 Å². The molecule has 4 aliphatic heterocycles. The van der Waals surface area contributed by atoms with Crippen LogP contribution in [0.25, 0.3) is 0 Å². The average Bonchev–Trinajstić information content (AvgIpc) is 4.08. The molecule has 4 saturated heterocycles. The van der Waals surface area contributed by atoms with E-state index in [4.69, 9.17) is 9.47 Å². The lowest BCUT2D eigenvalue weighted by molar-refractivity contribution is -0.155. The van der Waals surface area contributed by atoms with E-state index in [0.29, 0.717) is 13.1 Å². The van der Waals surface area contributed by atoms with Crippen molar-refractivity contribution in [2.75, 3.05) is 0 Å². The fourth-order valence-corrected chi connectivity index (χ4v) is 9.72. The predicted molar refractivity (Wildman–Crippen MR) is 194 cm³/mol. The van der Waals surface area contributed by atoms with Gasteiger partial charge in [0.2, 0.25) is 11.8 Å². The number of carbonyl (C=O) groups is 2. The normalized spacial score (nSPS) is 31.7. The Bertz CT molecular complexity index is 1600. The topological polar surface area (TPSA) is 65.7 Å². The lowest BCUT2D eigenvalue weighted by atomic mass is 9.78. The third kappa shape index (κ3) is 5.85. The zero-order chi connectivity index (χ0) is 33.5. The summed E-state index contributed by atoms with van der Waals surface area (Å²) in [5.74, 6) is 0.252. The minimum absolute atomic E-state index is 0.00652. The number of halogens is 2. The molecule has 4 heterocycles. The van der Waals surface area contributed by atoms with E-state index in [0.717, 1.165) is 35.1 Å². The molecule has 0 saturated carbocycles. The smallest absolute Gasteiger partial charge is 0.245 e. The van der Waals surface area contributed by atoms with Crippen molar-refractivity contribution < 1.29 is 19.1 Å². The standard InChI is InChI=1S/2C20H20BrNO2/c2*1-2-16-18(24-16)20(21)17(15-11-7-4-8-12-15)22(19(20)23)13-14-9-5-3-6-10-14/h2*3-12,16-18H,2,13H2,1H3/t2*16-,17-,18+,20-/m10/s1. The Morgan fingerprint density at radius 1 is 0.542 bits per heavy atom. The number of nitrogens with zero attached hydrogens (tertiary/aromatic N) is 2. The zero-order valence-electron chi connectivity index (χ0n) is 27.1. The third-order valence-electron chi connectivity index (χ3n) is 10.0. The number of alkyl halides is 2. The zero-order valence-corrected chi connectivity index (χ0v) is 30.3. The van der Waals surface area contributed by atoms with Crippen LogP contribution in [0.3, 0.4) is 0 Å². The number of hydrogen-bond acceptors (Lipinski definition) is 4. The maximum Gasteiger partial charge on any atom is 0.245 e. The summed E-state index contributed by atoms with van der Waals surface area (Å²) in [6.45, 7) is 5.44. The first-order valence-electron chi connectivity index (χ1n) is 16.8. The molecule has 0 spiro atoms. The molecule has 0 unspecified atom stereocenters. The highest BCUT2D eigenvalue weighted by molar-refractivity contribution is 9.10. The van der Waals surface area contributed by atoms with E-state index >= 15 is 0 Å². The molecular formula is C40H40Br2N2O4. The van der Waals surface area contributed by atoms with Gasteiger partial charge in [0.15, 0.2) is 8.65 Å². The lowest BCUT2D eigenvalue weighted by Crippen LogP contribution is -2.67. The summed E-state index contributed by atoms with van der Waals surface area (Å²) in [4.78, 5) is 29.9. The van der Waals surface area contributed by atoms with Crippen molar-refractivity contribution in [1.29, 1.82) is 0 Å². The summed E-state index contributed by atoms with van der Waals surface area (Å²) in [5, 5.41) is 0. The van der Waals surface area contributed by atoms with E-state index in [9.17, 15) is 9.59 Å². The molecule has 6 nitrogen and oxygen atoms in total. The van der Waals surface area contributed by atoms with Gasteiger partial charge in [-0.2, -0.15) is 0 Å². The van der Waals surface area contributed by atoms with Crippen molar-refractivity contribution in [1.82, 2.24) is 9.80 Å². The highest BCUT2D eigenvalue weighted by Crippen LogP contribution is 2.59. The maximum atomic E-state index is 13.0. The van der Waals surface area contributed by atoms with Crippen LogP contribution in [0.5, 0.6) is 0 Å². The van der Waals surface area contributed by atoms with E-state index in [2.05, 4.69) is 94.2 Å². The van der Waals surface area contributed by atoms with Gasteiger partial charge in [0.25, 0.3) is 0 Å². The second-order valence-corrected chi connectivity index (χ2v) is 15.6. The Labute approximate surface area is 299 Å². The van der Waals surface area contributed by atoms with Gasteiger partial charge in [0.1, 0.15) is 12.2 Å². The van der Waals surface area contributed by atoms with Gasteiger partial charge >= 0.3 is 0 Å². The number of benzene rings is 4. The molecule has 248 valence electrons. The summed E-state index contributed by atoms with van der Waals surface area (Å²) < 4.78 is 10.3. The number of amides is 2. The number of carbonyl (C=O) groups excluding carboxylic acids is 2. The number of likely N-dealkylation sites (tertiary alicyclic amines) is 2. The molecule has 8 rings (SSSR count). The quantitative estimate of drug-likeness (QED) is 0.0928. The molecule has 4 aliphatic rings. The van der Waals surface area contributed by atoms with Gasteiger partial charge in [-0.15, -0.1) is 0 Å². The minimum Gasteiger partial charge on any atom is -0.367 e. The molecular weight excluding hydrogens is 732 g/mol. The van der Waals surface area contributed by atoms with Crippen LogP contribution in [-0.4, -0.2) is 54.7 Å². The second-order valence-electron chi connectivity index (χ2n) is 13.0. The van der Waals surface area contributed by atoms with Crippen LogP contribution in [0, 0.1) is 0 Å². The first-order chi connectivity index (χ1) is 23.3. The number of ether oxygens (including phenoxy) is 2. The van der Waals surface area contributed by atoms with Crippen LogP contribution in [0.1, 0.15) is 61.0 Å². The Hall–Kier alpha value is -3.30. The predicted octanol–water partition coefficient (Wildman–Crippen LogP) is 8.16. The monoisotopic (exact) mass is 770 g/mol. The molecule has 4 aromatic carbocycles. The van der Waals surface area contributed by atoms with Gasteiger partial charge in [-0.05, 0) is 35.1 Å². The van der Waals surface area contributed by atoms with Crippen molar-refractivity contribution >= 4 is 43.7 Å². The van der Waals surface area contributed by atoms with E-state index < -0.39 is 8.65 Å². The van der Waals surface area contributed by atoms with Gasteiger partial charge < -0.3 is 19.3 Å². The number of hydrogen-bond donors (Lipinski definition) is 0. The van der Waals surface area contributed by atoms with Gasteiger partial charge in [-0.1, -0.05) is 167 Å². The molecule has 4 aromatic rings. The van der Waals surface area contributed by atoms with Crippen molar-refractivity contribution in [2.45, 2.75) is 84.9 Å². The summed E-state index contributed by atoms with van der Waals surface area (Å²) in [7, 11) is 0. The summed E-state index contributed by atoms with van der Waals surface area (Å²) in [5.41, 5.74) is 4.58. The fourth-order valence-electron chi connectivity index (χ4n) is 7.43. The highest BCUT2D eigenvalue weighted by Gasteiger charge is 2.71. The third-order valence-corrected chi connectivity index (χ3v) is 12.5. The van der Waals surface area contributed by atoms with Crippen LogP contribution >= 0.6 is 31.9 Å². The van der Waals surface area contributed by atoms with Gasteiger partial charge in [-0.3, -0.25) is 9.59 Å². The SMILES string of the molecule is CC[C@@H]1O[C@H]1[C@]1(Br)C(=O)N(Cc2ccccc2)[C@H]1c1ccccc1.CC[C@H]1O[C@@H]1[C@@]1(Br)C(=O)N(Cc2ccccc2)[C@@H]1c1ccccc1. The lowest BCUT2D eigenvalue weighted by Gasteiger charge is -2.53. The Kier molecular flexibility index (Phi) is 9.37. The van der Waals surface area contributed by atoms with Crippen LogP contribution in [-0.2, 0) is 32.2 Å². The molecule has 0 N–H and O–H groups in total. The molecule has 0 bridgehead atoms. The van der Waals surface area contributed by atoms with Crippen LogP contribution in [0.4, 0.5) is 0 Å². The molecule has 8 atom stereocenters. The number of rotatable bonds is 10. The molecule has 0 aromatic heterocycles. The molecule has 2 amide bonds. The molecule has 4 fully saturated rings. The van der Waals surface area contributed by atoms with E-state index in [-0.39, 0.29) is 48.3 Å². The van der Waals surface area contributed by atoms with Crippen LogP contribution < -0.4 is 0 Å². The molecule has 8 heteroatoms. The van der Waals surface area contributed by atoms with Crippen molar-refractivity contribution in [3.05, 3.63) is 144 Å². The number of β-lactam (4-membered cyclic amide) rings is 2. The Morgan fingerprint density at radius 2 is 0.854 bits per heavy atom. The molecule has 48 heavy (non-hydrogen) atoms. The summed E-state index contributed by atoms with van der Waals surface area (Å²) in [6, 6.07) is 40.7. The first-order valence-corrected chi connectivity index (χ1v) is 18.4. The van der Waals surface area contributed by atoms with Crippen molar-refractivity contribution in [2.24, 2.45) is 0 Å². The average molecular weight is 773 g/mol. The summed E-state index contributed by atoms with van der Waals surface area (Å²) in [6.07, 6.45) is 2.16. The van der Waals surface area contributed by atoms with E-state index in [1.807, 2.05) is 82.6 Å². The summed E-state index contributed by atoms with van der Waals surface area (Å²) >= 11 is 7.56. The van der Waals surface area contributed by atoms with E-state index in [1.165, 1.54) is 0 Å². The first kappa shape index (κ1) is 33.2. The van der Waals surface area contributed by atoms with Gasteiger partial charge in [-0.25, -0.2) is 0 Å². The Balaban J connectivity index is 0.000000152. The van der Waals surface area contributed by atoms with Gasteiger partial charge in [0.05, 0.1) is 24.3 Å². The number of epoxide rings is 2. The largest absolute Gasteiger partial charge is 0.367 e. The fraction of sp³-hybridized carbons (Fsp3) is 0.350. The minimum atomic E-state index is -0.635. The van der Waals surface area contributed by atoms with Crippen LogP contribution in [0.15, 0.2) is 121 Å². The maximum absolute atomic E-state index is 13.0. The van der Waals surface area contributed by atoms with Crippen LogP contribution in [0.2, 0.25) is 0 Å². The Morgan fingerprint density at radius 3 is 1.15 bits per heavy atom. The van der Waals surface area contributed by atoms with Crippen molar-refractivity contribution in [3.8, 4) is 0 Å². The highest BCUT2D eigenvalue weighted by atomic mass is 79.9. The van der Waals surface area contributed by atoms with E-state index in [1.54, 1.807) is 0 Å². The second kappa shape index (κ2) is 13.5.